The van der Waals surface area contributed by atoms with Gasteiger partial charge >= 0.3 is 0 Å². The molecule has 5 nitrogen and oxygen atoms in total. The number of aromatic nitrogens is 1. The van der Waals surface area contributed by atoms with Crippen molar-refractivity contribution in [1.29, 1.82) is 0 Å². The van der Waals surface area contributed by atoms with Crippen molar-refractivity contribution in [2.75, 3.05) is 11.9 Å². The molecular weight excluding hydrogens is 411 g/mol. The van der Waals surface area contributed by atoms with Crippen LogP contribution >= 0.6 is 23.2 Å². The van der Waals surface area contributed by atoms with Gasteiger partial charge in [-0.1, -0.05) is 41.4 Å². The fourth-order valence-corrected chi connectivity index (χ4v) is 3.32. The Morgan fingerprint density at radius 1 is 1.10 bits per heavy atom. The second-order valence-corrected chi connectivity index (χ2v) is 7.29. The summed E-state index contributed by atoms with van der Waals surface area (Å²) in [4.78, 5) is 17.0. The van der Waals surface area contributed by atoms with Gasteiger partial charge in [-0.15, -0.1) is 0 Å². The number of para-hydroxylation sites is 1. The number of carbonyl (C=O) groups excluding carboxylic acids is 1. The zero-order chi connectivity index (χ0) is 20.4. The molecule has 0 fully saturated rings. The molecule has 4 rings (SSSR count). The summed E-state index contributed by atoms with van der Waals surface area (Å²) in [7, 11) is 0. The summed E-state index contributed by atoms with van der Waals surface area (Å²) < 4.78 is 11.4. The predicted molar refractivity (Wildman–Crippen MR) is 115 cm³/mol. The lowest BCUT2D eigenvalue weighted by Crippen LogP contribution is -2.20. The lowest BCUT2D eigenvalue weighted by Gasteiger charge is -2.11. The van der Waals surface area contributed by atoms with E-state index >= 15 is 0 Å². The average Bonchev–Trinajstić information content (AvgIpc) is 3.10. The maximum absolute atomic E-state index is 12.4. The summed E-state index contributed by atoms with van der Waals surface area (Å²) in [5, 5.41) is 3.67. The molecule has 1 N–H and O–H groups in total. The van der Waals surface area contributed by atoms with E-state index in [1.165, 1.54) is 0 Å². The van der Waals surface area contributed by atoms with E-state index in [1.807, 2.05) is 43.3 Å². The Hall–Kier alpha value is -3.02. The first-order valence-corrected chi connectivity index (χ1v) is 9.59. The number of fused-ring (bicyclic) bond motifs is 1. The Morgan fingerprint density at radius 3 is 2.76 bits per heavy atom. The molecule has 1 aromatic heterocycles. The molecule has 29 heavy (non-hydrogen) atoms. The second kappa shape index (κ2) is 8.15. The van der Waals surface area contributed by atoms with Gasteiger partial charge < -0.3 is 14.5 Å². The number of hydrogen-bond donors (Lipinski definition) is 1. The summed E-state index contributed by atoms with van der Waals surface area (Å²) in [5.74, 6) is 0.479. The standard InChI is InChI=1S/C22H16Cl2N2O3/c1-13-6-8-20-18(10-13)26-22(29-20)15-4-2-3-5-17(15)25-21(27)12-28-19-9-7-14(23)11-16(19)24/h2-11H,12H2,1H3,(H,25,27). The van der Waals surface area contributed by atoms with E-state index in [0.717, 1.165) is 11.1 Å². The molecule has 0 saturated carbocycles. The average molecular weight is 427 g/mol. The molecule has 0 saturated heterocycles. The number of carbonyl (C=O) groups is 1. The highest BCUT2D eigenvalue weighted by molar-refractivity contribution is 6.35. The van der Waals surface area contributed by atoms with Gasteiger partial charge in [0.2, 0.25) is 5.89 Å². The number of aryl methyl sites for hydroxylation is 1. The van der Waals surface area contributed by atoms with Crippen molar-refractivity contribution in [3.8, 4) is 17.2 Å². The number of anilines is 1. The van der Waals surface area contributed by atoms with Crippen LogP contribution in [0.1, 0.15) is 5.56 Å². The van der Waals surface area contributed by atoms with Crippen LogP contribution in [0.2, 0.25) is 10.0 Å². The van der Waals surface area contributed by atoms with E-state index in [-0.39, 0.29) is 12.5 Å². The van der Waals surface area contributed by atoms with Gasteiger partial charge in [0.05, 0.1) is 16.3 Å². The molecular formula is C22H16Cl2N2O3. The summed E-state index contributed by atoms with van der Waals surface area (Å²) in [6.45, 7) is 1.79. The third-order valence-electron chi connectivity index (χ3n) is 4.23. The van der Waals surface area contributed by atoms with Crippen molar-refractivity contribution in [1.82, 2.24) is 4.98 Å². The van der Waals surface area contributed by atoms with Crippen LogP contribution in [0.5, 0.6) is 5.75 Å². The fourth-order valence-electron chi connectivity index (χ4n) is 2.85. The van der Waals surface area contributed by atoms with Crippen LogP contribution in [0.3, 0.4) is 0 Å². The van der Waals surface area contributed by atoms with Crippen molar-refractivity contribution in [2.24, 2.45) is 0 Å². The predicted octanol–water partition coefficient (Wildman–Crippen LogP) is 6.13. The molecule has 0 atom stereocenters. The number of halogens is 2. The molecule has 7 heteroatoms. The van der Waals surface area contributed by atoms with Crippen LogP contribution in [-0.4, -0.2) is 17.5 Å². The van der Waals surface area contributed by atoms with E-state index in [0.29, 0.717) is 38.5 Å². The number of ether oxygens (including phenoxy) is 1. The summed E-state index contributed by atoms with van der Waals surface area (Å²) in [6.07, 6.45) is 0. The zero-order valence-corrected chi connectivity index (χ0v) is 16.9. The first-order chi connectivity index (χ1) is 14.0. The Kier molecular flexibility index (Phi) is 5.43. The van der Waals surface area contributed by atoms with Crippen LogP contribution in [0.25, 0.3) is 22.6 Å². The molecule has 0 aliphatic rings. The van der Waals surface area contributed by atoms with E-state index in [4.69, 9.17) is 32.4 Å². The third-order valence-corrected chi connectivity index (χ3v) is 4.76. The Bertz CT molecular complexity index is 1200. The van der Waals surface area contributed by atoms with Crippen molar-refractivity contribution in [3.05, 3.63) is 76.3 Å². The quantitative estimate of drug-likeness (QED) is 0.416. The molecule has 0 spiro atoms. The van der Waals surface area contributed by atoms with Gasteiger partial charge in [-0.3, -0.25) is 4.79 Å². The van der Waals surface area contributed by atoms with Crippen molar-refractivity contribution in [2.45, 2.75) is 6.92 Å². The smallest absolute Gasteiger partial charge is 0.262 e. The number of nitrogens with zero attached hydrogens (tertiary/aromatic N) is 1. The van der Waals surface area contributed by atoms with Gasteiger partial charge in [0, 0.05) is 5.02 Å². The maximum Gasteiger partial charge on any atom is 0.262 e. The van der Waals surface area contributed by atoms with Crippen molar-refractivity contribution < 1.29 is 13.9 Å². The molecule has 1 heterocycles. The number of nitrogens with one attached hydrogen (secondary N) is 1. The molecule has 3 aromatic carbocycles. The number of hydrogen-bond acceptors (Lipinski definition) is 4. The highest BCUT2D eigenvalue weighted by Crippen LogP contribution is 2.31. The minimum absolute atomic E-state index is 0.206. The minimum atomic E-state index is -0.338. The molecule has 0 aliphatic carbocycles. The van der Waals surface area contributed by atoms with Gasteiger partial charge in [-0.2, -0.15) is 0 Å². The number of amides is 1. The maximum atomic E-state index is 12.4. The summed E-state index contributed by atoms with van der Waals surface area (Å²) in [5.41, 5.74) is 3.80. The summed E-state index contributed by atoms with van der Waals surface area (Å²) in [6, 6.07) is 17.9. The number of rotatable bonds is 5. The minimum Gasteiger partial charge on any atom is -0.482 e. The third kappa shape index (κ3) is 4.36. The normalized spacial score (nSPS) is 10.9. The Labute approximate surface area is 177 Å². The molecule has 146 valence electrons. The first-order valence-electron chi connectivity index (χ1n) is 8.84. The topological polar surface area (TPSA) is 64.4 Å². The first kappa shape index (κ1) is 19.3. The lowest BCUT2D eigenvalue weighted by atomic mass is 10.1. The highest BCUT2D eigenvalue weighted by Gasteiger charge is 2.15. The van der Waals surface area contributed by atoms with Gasteiger partial charge in [-0.05, 0) is 55.0 Å². The zero-order valence-electron chi connectivity index (χ0n) is 15.4. The second-order valence-electron chi connectivity index (χ2n) is 6.45. The van der Waals surface area contributed by atoms with E-state index < -0.39 is 0 Å². The van der Waals surface area contributed by atoms with Crippen LogP contribution < -0.4 is 10.1 Å². The van der Waals surface area contributed by atoms with Gasteiger partial charge in [0.1, 0.15) is 11.3 Å². The van der Waals surface area contributed by atoms with Crippen LogP contribution in [0.15, 0.2) is 65.1 Å². The van der Waals surface area contributed by atoms with Gasteiger partial charge in [-0.25, -0.2) is 4.98 Å². The Balaban J connectivity index is 1.52. The lowest BCUT2D eigenvalue weighted by molar-refractivity contribution is -0.118. The monoisotopic (exact) mass is 426 g/mol. The molecule has 1 amide bonds. The van der Waals surface area contributed by atoms with Crippen LogP contribution in [-0.2, 0) is 4.79 Å². The van der Waals surface area contributed by atoms with E-state index in [9.17, 15) is 4.79 Å². The molecule has 4 aromatic rings. The Morgan fingerprint density at radius 2 is 1.93 bits per heavy atom. The van der Waals surface area contributed by atoms with Gasteiger partial charge in [0.25, 0.3) is 5.91 Å². The molecule has 0 unspecified atom stereocenters. The molecule has 0 bridgehead atoms. The largest absolute Gasteiger partial charge is 0.482 e. The van der Waals surface area contributed by atoms with Crippen LogP contribution in [0, 0.1) is 6.92 Å². The van der Waals surface area contributed by atoms with Gasteiger partial charge in [0.15, 0.2) is 12.2 Å². The van der Waals surface area contributed by atoms with Crippen molar-refractivity contribution in [3.63, 3.8) is 0 Å². The summed E-state index contributed by atoms with van der Waals surface area (Å²) >= 11 is 11.9. The van der Waals surface area contributed by atoms with Crippen molar-refractivity contribution >= 4 is 45.9 Å². The number of oxazole rings is 1. The van der Waals surface area contributed by atoms with Crippen LogP contribution in [0.4, 0.5) is 5.69 Å². The van der Waals surface area contributed by atoms with E-state index in [1.54, 1.807) is 24.3 Å². The molecule has 0 aliphatic heterocycles. The highest BCUT2D eigenvalue weighted by atomic mass is 35.5. The molecule has 0 radical (unpaired) electrons. The van der Waals surface area contributed by atoms with E-state index in [2.05, 4.69) is 10.3 Å². The fraction of sp³-hybridized carbons (Fsp3) is 0.0909. The SMILES string of the molecule is Cc1ccc2oc(-c3ccccc3NC(=O)COc3ccc(Cl)cc3Cl)nc2c1. The number of benzene rings is 3.